The number of carbonyl (C=O) groups is 2. The predicted molar refractivity (Wildman–Crippen MR) is 131 cm³/mol. The Balaban J connectivity index is 1.76. The number of esters is 1. The number of nitrogens with one attached hydrogen (secondary N) is 1. The van der Waals surface area contributed by atoms with Gasteiger partial charge in [-0.05, 0) is 53.6 Å². The minimum Gasteiger partial charge on any atom is -0.466 e. The van der Waals surface area contributed by atoms with E-state index in [0.29, 0.717) is 33.1 Å². The van der Waals surface area contributed by atoms with Crippen LogP contribution in [0.2, 0.25) is 10.0 Å². The van der Waals surface area contributed by atoms with Crippen molar-refractivity contribution >= 4 is 58.2 Å². The third-order valence-corrected chi connectivity index (χ3v) is 5.47. The number of anilines is 1. The van der Waals surface area contributed by atoms with Crippen LogP contribution in [-0.4, -0.2) is 32.7 Å². The van der Waals surface area contributed by atoms with Gasteiger partial charge in [-0.1, -0.05) is 35.3 Å². The number of amides is 1. The third-order valence-electron chi connectivity index (χ3n) is 4.50. The Morgan fingerprint density at radius 2 is 1.91 bits per heavy atom. The topological polar surface area (TPSA) is 115 Å². The zero-order chi connectivity index (χ0) is 24.7. The molecule has 176 valence electrons. The Bertz CT molecular complexity index is 1260. The van der Waals surface area contributed by atoms with Crippen LogP contribution in [-0.2, 0) is 31.7 Å². The van der Waals surface area contributed by atoms with Crippen molar-refractivity contribution in [1.82, 2.24) is 4.98 Å². The van der Waals surface area contributed by atoms with Gasteiger partial charge in [-0.15, -0.1) is 0 Å². The van der Waals surface area contributed by atoms with E-state index in [1.165, 1.54) is 25.3 Å². The van der Waals surface area contributed by atoms with E-state index in [0.717, 1.165) is 0 Å². The van der Waals surface area contributed by atoms with E-state index in [-0.39, 0.29) is 17.2 Å². The molecule has 3 rings (SSSR count). The highest BCUT2D eigenvalue weighted by Crippen LogP contribution is 2.30. The van der Waals surface area contributed by atoms with Gasteiger partial charge in [0.05, 0.1) is 35.0 Å². The molecule has 3 aromatic rings. The maximum atomic E-state index is 12.7. The standard InChI is InChI=1S/C23H18Cl2N2O6S/c1-32-22(28)9-4-14-3-8-21(26-12-14)18-11-16(5-7-19(18)24)27-23(29)17-6-2-15(10-20(17)25)13-33-34(30)31/h2-12H,13H2,1H3,(H,27,29)(H,30,31)/b9-4+. The lowest BCUT2D eigenvalue weighted by atomic mass is 10.1. The molecule has 8 nitrogen and oxygen atoms in total. The number of ether oxygens (including phenoxy) is 1. The van der Waals surface area contributed by atoms with Crippen LogP contribution >= 0.6 is 23.2 Å². The van der Waals surface area contributed by atoms with Crippen molar-refractivity contribution in [3.8, 4) is 11.3 Å². The summed E-state index contributed by atoms with van der Waals surface area (Å²) in [5, 5.41) is 3.36. The van der Waals surface area contributed by atoms with Crippen molar-refractivity contribution in [3.63, 3.8) is 0 Å². The molecule has 2 N–H and O–H groups in total. The van der Waals surface area contributed by atoms with Gasteiger partial charge in [0.25, 0.3) is 5.91 Å². The highest BCUT2D eigenvalue weighted by atomic mass is 35.5. The van der Waals surface area contributed by atoms with Crippen LogP contribution in [0.3, 0.4) is 0 Å². The Labute approximate surface area is 208 Å². The van der Waals surface area contributed by atoms with E-state index in [9.17, 15) is 13.8 Å². The first-order chi connectivity index (χ1) is 16.3. The maximum absolute atomic E-state index is 12.7. The van der Waals surface area contributed by atoms with E-state index in [1.807, 2.05) is 0 Å². The van der Waals surface area contributed by atoms with Crippen LogP contribution in [0, 0.1) is 0 Å². The molecule has 0 aliphatic rings. The summed E-state index contributed by atoms with van der Waals surface area (Å²) in [5.74, 6) is -0.923. The first-order valence-corrected chi connectivity index (χ1v) is 11.4. The number of aromatic nitrogens is 1. The van der Waals surface area contributed by atoms with E-state index >= 15 is 0 Å². The largest absolute Gasteiger partial charge is 0.466 e. The zero-order valence-electron chi connectivity index (χ0n) is 17.7. The minimum absolute atomic E-state index is 0.129. The Kier molecular flexibility index (Phi) is 8.91. The second-order valence-electron chi connectivity index (χ2n) is 6.78. The summed E-state index contributed by atoms with van der Waals surface area (Å²) in [6, 6.07) is 13.0. The lowest BCUT2D eigenvalue weighted by Crippen LogP contribution is -2.13. The number of nitrogens with zero attached hydrogens (tertiary/aromatic N) is 1. The average Bonchev–Trinajstić information content (AvgIpc) is 2.82. The number of carbonyl (C=O) groups excluding carboxylic acids is 2. The molecule has 0 spiro atoms. The molecule has 11 heteroatoms. The molecule has 1 aromatic heterocycles. The summed E-state index contributed by atoms with van der Waals surface area (Å²) in [7, 11) is 1.29. The van der Waals surface area contributed by atoms with Gasteiger partial charge < -0.3 is 10.1 Å². The predicted octanol–water partition coefficient (Wildman–Crippen LogP) is 5.15. The summed E-state index contributed by atoms with van der Waals surface area (Å²) >= 11 is 10.1. The molecular formula is C23H18Cl2N2O6S. The molecule has 0 fully saturated rings. The van der Waals surface area contributed by atoms with E-state index in [1.54, 1.807) is 48.7 Å². The Morgan fingerprint density at radius 3 is 2.56 bits per heavy atom. The monoisotopic (exact) mass is 520 g/mol. The molecule has 0 saturated carbocycles. The van der Waals surface area contributed by atoms with Crippen LogP contribution in [0.5, 0.6) is 0 Å². The first kappa shape index (κ1) is 25.5. The summed E-state index contributed by atoms with van der Waals surface area (Å²) in [5.41, 5.74) is 3.09. The van der Waals surface area contributed by atoms with E-state index in [2.05, 4.69) is 19.2 Å². The van der Waals surface area contributed by atoms with E-state index in [4.69, 9.17) is 27.8 Å². The quantitative estimate of drug-likeness (QED) is 0.239. The molecular weight excluding hydrogens is 503 g/mol. The SMILES string of the molecule is COC(=O)/C=C/c1ccc(-c2cc(NC(=O)c3ccc(COS(=O)O)cc3Cl)ccc2Cl)nc1. The highest BCUT2D eigenvalue weighted by Gasteiger charge is 2.14. The van der Waals surface area contributed by atoms with Crippen LogP contribution in [0.15, 0.2) is 60.8 Å². The molecule has 2 aromatic carbocycles. The van der Waals surface area contributed by atoms with Crippen molar-refractivity contribution in [3.05, 3.63) is 87.5 Å². The molecule has 1 atom stereocenters. The molecule has 0 aliphatic carbocycles. The maximum Gasteiger partial charge on any atom is 0.330 e. The van der Waals surface area contributed by atoms with Crippen molar-refractivity contribution < 1.29 is 27.3 Å². The summed E-state index contributed by atoms with van der Waals surface area (Å²) in [4.78, 5) is 28.3. The summed E-state index contributed by atoms with van der Waals surface area (Å²) in [6.07, 6.45) is 4.44. The molecule has 34 heavy (non-hydrogen) atoms. The van der Waals surface area contributed by atoms with Gasteiger partial charge in [0, 0.05) is 23.5 Å². The zero-order valence-corrected chi connectivity index (χ0v) is 20.0. The van der Waals surface area contributed by atoms with Gasteiger partial charge in [-0.2, -0.15) is 4.21 Å². The number of hydrogen-bond donors (Lipinski definition) is 2. The number of halogens is 2. The molecule has 1 heterocycles. The molecule has 0 radical (unpaired) electrons. The lowest BCUT2D eigenvalue weighted by Gasteiger charge is -2.11. The van der Waals surface area contributed by atoms with Crippen molar-refractivity contribution in [2.45, 2.75) is 6.61 Å². The highest BCUT2D eigenvalue weighted by molar-refractivity contribution is 7.74. The molecule has 1 unspecified atom stereocenters. The number of hydrogen-bond acceptors (Lipinski definition) is 6. The smallest absolute Gasteiger partial charge is 0.330 e. The second kappa shape index (κ2) is 11.9. The van der Waals surface area contributed by atoms with Gasteiger partial charge in [0.15, 0.2) is 0 Å². The van der Waals surface area contributed by atoms with E-state index < -0.39 is 23.2 Å². The fraction of sp³-hybridized carbons (Fsp3) is 0.0870. The van der Waals surface area contributed by atoms with Gasteiger partial charge in [-0.3, -0.25) is 18.5 Å². The first-order valence-electron chi connectivity index (χ1n) is 9.62. The molecule has 0 saturated heterocycles. The second-order valence-corrected chi connectivity index (χ2v) is 8.26. The Hall–Kier alpha value is -3.08. The molecule has 0 aliphatic heterocycles. The van der Waals surface area contributed by atoms with Crippen LogP contribution < -0.4 is 5.32 Å². The minimum atomic E-state index is -2.40. The normalized spacial score (nSPS) is 11.9. The summed E-state index contributed by atoms with van der Waals surface area (Å²) < 4.78 is 28.5. The fourth-order valence-electron chi connectivity index (χ4n) is 2.84. The Morgan fingerprint density at radius 1 is 1.12 bits per heavy atom. The number of rotatable bonds is 8. The number of benzene rings is 2. The van der Waals surface area contributed by atoms with Crippen LogP contribution in [0.1, 0.15) is 21.5 Å². The molecule has 1 amide bonds. The van der Waals surface area contributed by atoms with Crippen molar-refractivity contribution in [2.24, 2.45) is 0 Å². The van der Waals surface area contributed by atoms with Gasteiger partial charge in [0.2, 0.25) is 0 Å². The van der Waals surface area contributed by atoms with Gasteiger partial charge >= 0.3 is 17.3 Å². The van der Waals surface area contributed by atoms with Crippen LogP contribution in [0.4, 0.5) is 5.69 Å². The van der Waals surface area contributed by atoms with Crippen molar-refractivity contribution in [2.75, 3.05) is 12.4 Å². The van der Waals surface area contributed by atoms with Gasteiger partial charge in [0.1, 0.15) is 0 Å². The number of methoxy groups -OCH3 is 1. The lowest BCUT2D eigenvalue weighted by molar-refractivity contribution is -0.134. The van der Waals surface area contributed by atoms with Crippen LogP contribution in [0.25, 0.3) is 17.3 Å². The van der Waals surface area contributed by atoms with Gasteiger partial charge in [-0.25, -0.2) is 4.79 Å². The third kappa shape index (κ3) is 6.96. The average molecular weight is 521 g/mol. The summed E-state index contributed by atoms with van der Waals surface area (Å²) in [6.45, 7) is -0.129. The molecule has 0 bridgehead atoms. The number of pyridine rings is 1. The fourth-order valence-corrected chi connectivity index (χ4v) is 3.58. The van der Waals surface area contributed by atoms with Crippen molar-refractivity contribution in [1.29, 1.82) is 0 Å².